The van der Waals surface area contributed by atoms with E-state index in [4.69, 9.17) is 17.3 Å². The van der Waals surface area contributed by atoms with Crippen LogP contribution in [0.2, 0.25) is 5.02 Å². The van der Waals surface area contributed by atoms with Gasteiger partial charge in [0.05, 0.1) is 10.7 Å². The van der Waals surface area contributed by atoms with Crippen LogP contribution >= 0.6 is 11.6 Å². The molecule has 0 radical (unpaired) electrons. The topological polar surface area (TPSA) is 72.2 Å². The van der Waals surface area contributed by atoms with Crippen molar-refractivity contribution in [1.82, 2.24) is 0 Å². The van der Waals surface area contributed by atoms with Gasteiger partial charge >= 0.3 is 0 Å². The molecule has 1 amide bonds. The second-order valence-electron chi connectivity index (χ2n) is 3.96. The molecule has 0 bridgehead atoms. The van der Waals surface area contributed by atoms with Gasteiger partial charge in [0, 0.05) is 22.2 Å². The molecular weight excluding hydrogens is 272 g/mol. The van der Waals surface area contributed by atoms with Crippen molar-refractivity contribution < 1.29 is 9.00 Å². The normalized spacial score (nSPS) is 13.9. The van der Waals surface area contributed by atoms with Crippen LogP contribution < -0.4 is 11.1 Å². The van der Waals surface area contributed by atoms with Gasteiger partial charge in [-0.1, -0.05) is 18.5 Å². The molecule has 0 heterocycles. The first-order chi connectivity index (χ1) is 8.45. The van der Waals surface area contributed by atoms with Crippen molar-refractivity contribution in [3.05, 3.63) is 23.2 Å². The third-order valence-electron chi connectivity index (χ3n) is 2.42. The van der Waals surface area contributed by atoms with E-state index in [1.165, 1.54) is 0 Å². The van der Waals surface area contributed by atoms with E-state index in [-0.39, 0.29) is 5.91 Å². The Morgan fingerprint density at radius 3 is 2.78 bits per heavy atom. The van der Waals surface area contributed by atoms with E-state index in [0.717, 1.165) is 6.42 Å². The van der Waals surface area contributed by atoms with Gasteiger partial charge in [-0.3, -0.25) is 9.00 Å². The smallest absolute Gasteiger partial charge is 0.239 e. The van der Waals surface area contributed by atoms with Crippen LogP contribution in [0.3, 0.4) is 0 Å². The van der Waals surface area contributed by atoms with Crippen LogP contribution in [0.4, 0.5) is 11.4 Å². The van der Waals surface area contributed by atoms with Gasteiger partial charge in [0.25, 0.3) is 0 Å². The average Bonchev–Trinajstić information content (AvgIpc) is 2.32. The molecule has 1 aromatic rings. The highest BCUT2D eigenvalue weighted by Gasteiger charge is 2.19. The fourth-order valence-corrected chi connectivity index (χ4v) is 2.65. The number of nitrogens with two attached hydrogens (primary N) is 1. The third-order valence-corrected chi connectivity index (χ3v) is 4.55. The molecule has 0 saturated carbocycles. The van der Waals surface area contributed by atoms with Gasteiger partial charge in [0.2, 0.25) is 5.91 Å². The predicted octanol–water partition coefficient (Wildman–Crippen LogP) is 2.41. The van der Waals surface area contributed by atoms with Crippen LogP contribution in [-0.4, -0.2) is 21.1 Å². The largest absolute Gasteiger partial charge is 0.399 e. The molecule has 6 heteroatoms. The predicted molar refractivity (Wildman–Crippen MR) is 77.3 cm³/mol. The fraction of sp³-hybridized carbons (Fsp3) is 0.417. The summed E-state index contributed by atoms with van der Waals surface area (Å²) in [4.78, 5) is 11.9. The van der Waals surface area contributed by atoms with Crippen LogP contribution in [0.15, 0.2) is 18.2 Å². The zero-order valence-corrected chi connectivity index (χ0v) is 12.0. The molecule has 1 aromatic carbocycles. The monoisotopic (exact) mass is 288 g/mol. The van der Waals surface area contributed by atoms with Crippen LogP contribution in [0.5, 0.6) is 0 Å². The first-order valence-corrected chi connectivity index (χ1v) is 7.44. The van der Waals surface area contributed by atoms with Crippen molar-refractivity contribution >= 4 is 39.7 Å². The fourth-order valence-electron chi connectivity index (χ4n) is 1.36. The molecule has 2 atom stereocenters. The van der Waals surface area contributed by atoms with E-state index in [2.05, 4.69) is 5.32 Å². The summed E-state index contributed by atoms with van der Waals surface area (Å²) in [5.74, 6) is 0.220. The average molecular weight is 289 g/mol. The Morgan fingerprint density at radius 2 is 2.22 bits per heavy atom. The molecule has 0 aliphatic heterocycles. The highest BCUT2D eigenvalue weighted by molar-refractivity contribution is 7.86. The molecule has 100 valence electrons. The molecule has 0 aliphatic rings. The molecule has 0 saturated heterocycles. The van der Waals surface area contributed by atoms with Crippen LogP contribution in [0, 0.1) is 0 Å². The summed E-state index contributed by atoms with van der Waals surface area (Å²) in [5, 5.41) is 2.47. The lowest BCUT2D eigenvalue weighted by Crippen LogP contribution is -2.30. The molecule has 0 aliphatic carbocycles. The van der Waals surface area contributed by atoms with Gasteiger partial charge in [0.1, 0.15) is 5.25 Å². The minimum absolute atomic E-state index is 0.298. The summed E-state index contributed by atoms with van der Waals surface area (Å²) in [5.41, 5.74) is 6.57. The Hall–Kier alpha value is -1.07. The molecule has 4 nitrogen and oxygen atoms in total. The van der Waals surface area contributed by atoms with E-state index >= 15 is 0 Å². The number of amides is 1. The molecule has 0 aromatic heterocycles. The Balaban J connectivity index is 2.72. The Bertz CT molecular complexity index is 465. The standard InChI is InChI=1S/C12H17ClN2O2S/c1-3-6-18(17)8(2)12(16)15-11-5-4-9(14)7-10(11)13/h4-5,7-8H,3,6,14H2,1-2H3,(H,15,16). The summed E-state index contributed by atoms with van der Waals surface area (Å²) in [6.07, 6.45) is 0.785. The van der Waals surface area contributed by atoms with Crippen LogP contribution in [-0.2, 0) is 15.6 Å². The zero-order valence-electron chi connectivity index (χ0n) is 10.4. The highest BCUT2D eigenvalue weighted by atomic mass is 35.5. The van der Waals surface area contributed by atoms with Crippen LogP contribution in [0.1, 0.15) is 20.3 Å². The zero-order chi connectivity index (χ0) is 13.7. The molecule has 18 heavy (non-hydrogen) atoms. The number of carbonyl (C=O) groups excluding carboxylic acids is 1. The SMILES string of the molecule is CCCS(=O)C(C)C(=O)Nc1ccc(N)cc1Cl. The molecular formula is C12H17ClN2O2S. The minimum atomic E-state index is -1.16. The van der Waals surface area contributed by atoms with E-state index in [0.29, 0.717) is 22.2 Å². The Kier molecular flexibility index (Phi) is 5.62. The maximum absolute atomic E-state index is 11.9. The van der Waals surface area contributed by atoms with Gasteiger partial charge < -0.3 is 11.1 Å². The quantitative estimate of drug-likeness (QED) is 0.817. The summed E-state index contributed by atoms with van der Waals surface area (Å²) in [6.45, 7) is 3.58. The van der Waals surface area contributed by atoms with Crippen molar-refractivity contribution in [2.24, 2.45) is 0 Å². The van der Waals surface area contributed by atoms with Gasteiger partial charge in [-0.25, -0.2) is 0 Å². The number of rotatable bonds is 5. The number of nitrogen functional groups attached to an aromatic ring is 1. The van der Waals surface area contributed by atoms with Crippen molar-refractivity contribution in [3.63, 3.8) is 0 Å². The maximum atomic E-state index is 11.9. The maximum Gasteiger partial charge on any atom is 0.239 e. The number of halogens is 1. The van der Waals surface area contributed by atoms with Crippen LogP contribution in [0.25, 0.3) is 0 Å². The summed E-state index contributed by atoms with van der Waals surface area (Å²) in [6, 6.07) is 4.84. The molecule has 1 rings (SSSR count). The van der Waals surface area contributed by atoms with Crippen molar-refractivity contribution in [1.29, 1.82) is 0 Å². The van der Waals surface area contributed by atoms with E-state index in [1.807, 2.05) is 6.92 Å². The number of nitrogens with one attached hydrogen (secondary N) is 1. The lowest BCUT2D eigenvalue weighted by atomic mass is 10.2. The summed E-state index contributed by atoms with van der Waals surface area (Å²) < 4.78 is 11.7. The lowest BCUT2D eigenvalue weighted by molar-refractivity contribution is -0.115. The minimum Gasteiger partial charge on any atom is -0.399 e. The first kappa shape index (κ1) is 15.0. The van der Waals surface area contributed by atoms with Crippen molar-refractivity contribution in [2.75, 3.05) is 16.8 Å². The van der Waals surface area contributed by atoms with Gasteiger partial charge in [-0.2, -0.15) is 0 Å². The third kappa shape index (κ3) is 3.99. The van der Waals surface area contributed by atoms with E-state index < -0.39 is 16.0 Å². The molecule has 0 fully saturated rings. The second kappa shape index (κ2) is 6.75. The Labute approximate surface area is 114 Å². The number of hydrogen-bond acceptors (Lipinski definition) is 3. The molecule has 0 spiro atoms. The molecule has 2 unspecified atom stereocenters. The first-order valence-electron chi connectivity index (χ1n) is 5.68. The number of carbonyl (C=O) groups is 1. The van der Waals surface area contributed by atoms with Crippen molar-refractivity contribution in [2.45, 2.75) is 25.5 Å². The van der Waals surface area contributed by atoms with Gasteiger partial charge in [-0.15, -0.1) is 0 Å². The lowest BCUT2D eigenvalue weighted by Gasteiger charge is -2.12. The van der Waals surface area contributed by atoms with Gasteiger partial charge in [-0.05, 0) is 31.5 Å². The summed E-state index contributed by atoms with van der Waals surface area (Å²) >= 11 is 5.95. The number of benzene rings is 1. The molecule has 3 N–H and O–H groups in total. The van der Waals surface area contributed by atoms with E-state index in [1.54, 1.807) is 25.1 Å². The Morgan fingerprint density at radius 1 is 1.56 bits per heavy atom. The van der Waals surface area contributed by atoms with E-state index in [9.17, 15) is 9.00 Å². The number of anilines is 2. The van der Waals surface area contributed by atoms with Crippen molar-refractivity contribution in [3.8, 4) is 0 Å². The highest BCUT2D eigenvalue weighted by Crippen LogP contribution is 2.24. The van der Waals surface area contributed by atoms with Gasteiger partial charge in [0.15, 0.2) is 0 Å². The number of hydrogen-bond donors (Lipinski definition) is 2. The second-order valence-corrected chi connectivity index (χ2v) is 6.24. The summed E-state index contributed by atoms with van der Waals surface area (Å²) in [7, 11) is -1.16.